The molecular formula is C13H17NO2. The summed E-state index contributed by atoms with van der Waals surface area (Å²) in [5.74, 6) is -0.833. The van der Waals surface area contributed by atoms with Gasteiger partial charge in [-0.3, -0.25) is 0 Å². The van der Waals surface area contributed by atoms with Crippen LogP contribution in [-0.4, -0.2) is 24.2 Å². The first-order chi connectivity index (χ1) is 7.79. The normalized spacial score (nSPS) is 16.9. The number of para-hydroxylation sites is 1. The summed E-state index contributed by atoms with van der Waals surface area (Å²) in [6.07, 6.45) is 4.83. The number of hydrogen-bond acceptors (Lipinski definition) is 2. The van der Waals surface area contributed by atoms with Crippen LogP contribution in [0.1, 0.15) is 36.0 Å². The number of carboxylic acids is 1. The second-order valence-electron chi connectivity index (χ2n) is 4.22. The van der Waals surface area contributed by atoms with Crippen LogP contribution in [0, 0.1) is 0 Å². The highest BCUT2D eigenvalue weighted by molar-refractivity contribution is 5.94. The molecule has 0 aliphatic carbocycles. The van der Waals surface area contributed by atoms with Gasteiger partial charge < -0.3 is 10.0 Å². The van der Waals surface area contributed by atoms with Crippen molar-refractivity contribution < 1.29 is 9.90 Å². The Morgan fingerprint density at radius 3 is 2.31 bits per heavy atom. The molecule has 1 fully saturated rings. The molecule has 0 atom stereocenters. The number of hydrogen-bond donors (Lipinski definition) is 1. The predicted molar refractivity (Wildman–Crippen MR) is 64.1 cm³/mol. The predicted octanol–water partition coefficient (Wildman–Crippen LogP) is 2.77. The molecule has 1 aromatic carbocycles. The average molecular weight is 219 g/mol. The Morgan fingerprint density at radius 1 is 1.06 bits per heavy atom. The Labute approximate surface area is 95.7 Å². The molecule has 0 aromatic heterocycles. The molecule has 0 bridgehead atoms. The van der Waals surface area contributed by atoms with Crippen LogP contribution in [0.4, 0.5) is 5.69 Å². The van der Waals surface area contributed by atoms with Crippen LogP contribution < -0.4 is 4.90 Å². The zero-order valence-electron chi connectivity index (χ0n) is 9.35. The van der Waals surface area contributed by atoms with E-state index < -0.39 is 5.97 Å². The standard InChI is InChI=1S/C13H17NO2/c15-13(16)11-7-3-4-8-12(11)14-9-5-1-2-6-10-14/h3-4,7-8H,1-2,5-6,9-10H2,(H,15,16). The molecule has 2 rings (SSSR count). The molecule has 86 valence electrons. The van der Waals surface area contributed by atoms with E-state index in [2.05, 4.69) is 4.90 Å². The second-order valence-corrected chi connectivity index (χ2v) is 4.22. The van der Waals surface area contributed by atoms with Gasteiger partial charge >= 0.3 is 5.97 Å². The summed E-state index contributed by atoms with van der Waals surface area (Å²) in [7, 11) is 0. The van der Waals surface area contributed by atoms with E-state index in [9.17, 15) is 4.79 Å². The summed E-state index contributed by atoms with van der Waals surface area (Å²) in [6.45, 7) is 1.95. The average Bonchev–Trinajstić information content (AvgIpc) is 2.57. The summed E-state index contributed by atoms with van der Waals surface area (Å²) in [5.41, 5.74) is 1.29. The zero-order valence-corrected chi connectivity index (χ0v) is 9.35. The van der Waals surface area contributed by atoms with E-state index in [0.29, 0.717) is 5.56 Å². The quantitative estimate of drug-likeness (QED) is 0.831. The lowest BCUT2D eigenvalue weighted by atomic mass is 10.1. The van der Waals surface area contributed by atoms with E-state index in [0.717, 1.165) is 31.6 Å². The summed E-state index contributed by atoms with van der Waals surface area (Å²) in [6, 6.07) is 7.29. The number of carboxylic acid groups (broad SMARTS) is 1. The minimum absolute atomic E-state index is 0.421. The molecule has 16 heavy (non-hydrogen) atoms. The van der Waals surface area contributed by atoms with Crippen LogP contribution in [0.5, 0.6) is 0 Å². The van der Waals surface area contributed by atoms with Crippen molar-refractivity contribution in [1.29, 1.82) is 0 Å². The molecule has 3 nitrogen and oxygen atoms in total. The van der Waals surface area contributed by atoms with Crippen LogP contribution in [0.2, 0.25) is 0 Å². The van der Waals surface area contributed by atoms with Crippen LogP contribution in [0.25, 0.3) is 0 Å². The highest BCUT2D eigenvalue weighted by Crippen LogP contribution is 2.23. The maximum Gasteiger partial charge on any atom is 0.337 e. The summed E-state index contributed by atoms with van der Waals surface area (Å²) < 4.78 is 0. The molecule has 1 aliphatic rings. The Balaban J connectivity index is 2.27. The van der Waals surface area contributed by atoms with Gasteiger partial charge in [0, 0.05) is 13.1 Å². The number of benzene rings is 1. The van der Waals surface area contributed by atoms with Crippen molar-refractivity contribution in [3.63, 3.8) is 0 Å². The maximum atomic E-state index is 11.1. The molecule has 1 aliphatic heterocycles. The van der Waals surface area contributed by atoms with Gasteiger partial charge in [-0.2, -0.15) is 0 Å². The van der Waals surface area contributed by atoms with Gasteiger partial charge in [-0.15, -0.1) is 0 Å². The van der Waals surface area contributed by atoms with Gasteiger partial charge in [0.05, 0.1) is 11.3 Å². The monoisotopic (exact) mass is 219 g/mol. The van der Waals surface area contributed by atoms with Crippen molar-refractivity contribution in [1.82, 2.24) is 0 Å². The van der Waals surface area contributed by atoms with E-state index in [4.69, 9.17) is 5.11 Å². The third kappa shape index (κ3) is 2.35. The van der Waals surface area contributed by atoms with Crippen molar-refractivity contribution in [3.8, 4) is 0 Å². The lowest BCUT2D eigenvalue weighted by Crippen LogP contribution is -2.25. The highest BCUT2D eigenvalue weighted by Gasteiger charge is 2.16. The number of anilines is 1. The third-order valence-corrected chi connectivity index (χ3v) is 3.08. The molecule has 1 saturated heterocycles. The van der Waals surface area contributed by atoms with Crippen LogP contribution in [0.3, 0.4) is 0 Å². The summed E-state index contributed by atoms with van der Waals surface area (Å²) in [4.78, 5) is 13.3. The van der Waals surface area contributed by atoms with Gasteiger partial charge in [0.25, 0.3) is 0 Å². The van der Waals surface area contributed by atoms with Gasteiger partial charge in [0.2, 0.25) is 0 Å². The Bertz CT molecular complexity index is 368. The fourth-order valence-electron chi connectivity index (χ4n) is 2.24. The van der Waals surface area contributed by atoms with Crippen LogP contribution in [-0.2, 0) is 0 Å². The van der Waals surface area contributed by atoms with Crippen LogP contribution in [0.15, 0.2) is 24.3 Å². The minimum atomic E-state index is -0.833. The first kappa shape index (κ1) is 11.0. The SMILES string of the molecule is O=C(O)c1ccccc1N1CCCCCC1. The molecule has 0 saturated carbocycles. The molecule has 1 aromatic rings. The summed E-state index contributed by atoms with van der Waals surface area (Å²) >= 11 is 0. The molecule has 0 spiro atoms. The number of aromatic carboxylic acids is 1. The molecule has 0 amide bonds. The van der Waals surface area contributed by atoms with Gasteiger partial charge in [-0.25, -0.2) is 4.79 Å². The molecule has 1 N–H and O–H groups in total. The molecular weight excluding hydrogens is 202 g/mol. The van der Waals surface area contributed by atoms with Gasteiger partial charge in [0.15, 0.2) is 0 Å². The first-order valence-corrected chi connectivity index (χ1v) is 5.86. The van der Waals surface area contributed by atoms with E-state index in [1.807, 2.05) is 12.1 Å². The summed E-state index contributed by atoms with van der Waals surface area (Å²) in [5, 5.41) is 9.14. The lowest BCUT2D eigenvalue weighted by molar-refractivity contribution is 0.0697. The first-order valence-electron chi connectivity index (χ1n) is 5.86. The highest BCUT2D eigenvalue weighted by atomic mass is 16.4. The number of carbonyl (C=O) groups is 1. The second kappa shape index (κ2) is 5.01. The molecule has 0 unspecified atom stereocenters. The maximum absolute atomic E-state index is 11.1. The Morgan fingerprint density at radius 2 is 1.69 bits per heavy atom. The lowest BCUT2D eigenvalue weighted by Gasteiger charge is -2.24. The fourth-order valence-corrected chi connectivity index (χ4v) is 2.24. The number of nitrogens with zero attached hydrogens (tertiary/aromatic N) is 1. The molecule has 1 heterocycles. The topological polar surface area (TPSA) is 40.5 Å². The van der Waals surface area contributed by atoms with Crippen LogP contribution >= 0.6 is 0 Å². The van der Waals surface area contributed by atoms with Crippen molar-refractivity contribution in [2.45, 2.75) is 25.7 Å². The Kier molecular flexibility index (Phi) is 3.44. The van der Waals surface area contributed by atoms with Gasteiger partial charge in [0.1, 0.15) is 0 Å². The minimum Gasteiger partial charge on any atom is -0.478 e. The largest absolute Gasteiger partial charge is 0.478 e. The number of rotatable bonds is 2. The van der Waals surface area contributed by atoms with Gasteiger partial charge in [-0.1, -0.05) is 25.0 Å². The zero-order chi connectivity index (χ0) is 11.4. The third-order valence-electron chi connectivity index (χ3n) is 3.08. The Hall–Kier alpha value is -1.51. The van der Waals surface area contributed by atoms with E-state index >= 15 is 0 Å². The van der Waals surface area contributed by atoms with E-state index in [1.54, 1.807) is 12.1 Å². The van der Waals surface area contributed by atoms with Crippen molar-refractivity contribution in [2.75, 3.05) is 18.0 Å². The van der Waals surface area contributed by atoms with E-state index in [-0.39, 0.29) is 0 Å². The van der Waals surface area contributed by atoms with Crippen molar-refractivity contribution in [3.05, 3.63) is 29.8 Å². The smallest absolute Gasteiger partial charge is 0.337 e. The fraction of sp³-hybridized carbons (Fsp3) is 0.462. The van der Waals surface area contributed by atoms with E-state index in [1.165, 1.54) is 12.8 Å². The van der Waals surface area contributed by atoms with Crippen molar-refractivity contribution >= 4 is 11.7 Å². The molecule has 3 heteroatoms. The van der Waals surface area contributed by atoms with Gasteiger partial charge in [-0.05, 0) is 25.0 Å². The molecule has 0 radical (unpaired) electrons. The van der Waals surface area contributed by atoms with Crippen molar-refractivity contribution in [2.24, 2.45) is 0 Å².